The van der Waals surface area contributed by atoms with Crippen molar-refractivity contribution in [2.75, 3.05) is 27.2 Å². The van der Waals surface area contributed by atoms with E-state index < -0.39 is 10.8 Å². The maximum atomic E-state index is 12.0. The van der Waals surface area contributed by atoms with Crippen LogP contribution in [-0.2, 0) is 4.79 Å². The van der Waals surface area contributed by atoms with Gasteiger partial charge in [-0.05, 0) is 32.3 Å². The van der Waals surface area contributed by atoms with Gasteiger partial charge in [0.15, 0.2) is 0 Å². The zero-order chi connectivity index (χ0) is 19.1. The summed E-state index contributed by atoms with van der Waals surface area (Å²) in [6.45, 7) is 0.0753. The van der Waals surface area contributed by atoms with Crippen LogP contribution in [0.3, 0.4) is 0 Å². The highest BCUT2D eigenvalue weighted by molar-refractivity contribution is 5.96. The van der Waals surface area contributed by atoms with Gasteiger partial charge < -0.3 is 15.1 Å². The lowest BCUT2D eigenvalue weighted by Gasteiger charge is -2.22. The van der Waals surface area contributed by atoms with Crippen LogP contribution in [0.1, 0.15) is 22.2 Å². The van der Waals surface area contributed by atoms with Gasteiger partial charge in [0.25, 0.3) is 11.6 Å². The fourth-order valence-corrected chi connectivity index (χ4v) is 2.31. The second kappa shape index (κ2) is 8.77. The lowest BCUT2D eigenvalue weighted by atomic mass is 10.2. The quantitative estimate of drug-likeness (QED) is 0.542. The Morgan fingerprint density at radius 2 is 2.00 bits per heavy atom. The Morgan fingerprint density at radius 1 is 1.23 bits per heavy atom. The largest absolute Gasteiger partial charge is 0.468 e. The molecule has 2 N–H and O–H groups in total. The predicted octanol–water partition coefficient (Wildman–Crippen LogP) is 1.34. The molecule has 2 aromatic rings. The van der Waals surface area contributed by atoms with Crippen molar-refractivity contribution in [3.8, 4) is 0 Å². The Kier molecular flexibility index (Phi) is 6.45. The first kappa shape index (κ1) is 19.1. The van der Waals surface area contributed by atoms with Crippen LogP contribution < -0.4 is 10.6 Å². The SMILES string of the molecule is CN(C)C(CNC(=O)CNC(=O)c1cccc([N+](=O)[O-])c1)c1ccco1. The smallest absolute Gasteiger partial charge is 0.270 e. The van der Waals surface area contributed by atoms with Crippen molar-refractivity contribution >= 4 is 17.5 Å². The molecule has 1 atom stereocenters. The van der Waals surface area contributed by atoms with Crippen molar-refractivity contribution in [1.82, 2.24) is 15.5 Å². The van der Waals surface area contributed by atoms with Gasteiger partial charge in [-0.2, -0.15) is 0 Å². The van der Waals surface area contributed by atoms with E-state index in [1.807, 2.05) is 25.1 Å². The second-order valence-corrected chi connectivity index (χ2v) is 5.79. The van der Waals surface area contributed by atoms with Crippen LogP contribution in [0.4, 0.5) is 5.69 Å². The van der Waals surface area contributed by atoms with Crippen LogP contribution in [0.5, 0.6) is 0 Å². The Labute approximate surface area is 150 Å². The third-order valence-electron chi connectivity index (χ3n) is 3.72. The molecule has 9 nitrogen and oxygen atoms in total. The number of benzene rings is 1. The van der Waals surface area contributed by atoms with E-state index in [4.69, 9.17) is 4.42 Å². The summed E-state index contributed by atoms with van der Waals surface area (Å²) < 4.78 is 5.36. The van der Waals surface area contributed by atoms with Gasteiger partial charge in [-0.15, -0.1) is 0 Å². The first-order valence-corrected chi connectivity index (χ1v) is 7.87. The summed E-state index contributed by atoms with van der Waals surface area (Å²) in [5.41, 5.74) is -0.0665. The molecule has 9 heteroatoms. The van der Waals surface area contributed by atoms with E-state index in [9.17, 15) is 19.7 Å². The van der Waals surface area contributed by atoms with Crippen LogP contribution in [0.2, 0.25) is 0 Å². The number of rotatable bonds is 8. The number of hydrogen-bond acceptors (Lipinski definition) is 6. The molecule has 0 aliphatic carbocycles. The minimum atomic E-state index is -0.584. The normalized spacial score (nSPS) is 11.8. The minimum Gasteiger partial charge on any atom is -0.468 e. The van der Waals surface area contributed by atoms with Crippen molar-refractivity contribution in [1.29, 1.82) is 0 Å². The number of likely N-dealkylation sites (N-methyl/N-ethyl adjacent to an activating group) is 1. The summed E-state index contributed by atoms with van der Waals surface area (Å²) >= 11 is 0. The molecule has 0 fully saturated rings. The second-order valence-electron chi connectivity index (χ2n) is 5.79. The molecule has 2 amide bonds. The molecule has 1 heterocycles. The number of carbonyl (C=O) groups is 2. The monoisotopic (exact) mass is 360 g/mol. The first-order chi connectivity index (χ1) is 12.4. The molecule has 0 aliphatic rings. The molecule has 138 valence electrons. The predicted molar refractivity (Wildman–Crippen MR) is 93.6 cm³/mol. The lowest BCUT2D eigenvalue weighted by Crippen LogP contribution is -2.40. The summed E-state index contributed by atoms with van der Waals surface area (Å²) in [6.07, 6.45) is 1.56. The topological polar surface area (TPSA) is 118 Å². The van der Waals surface area contributed by atoms with E-state index in [-0.39, 0.29) is 29.7 Å². The highest BCUT2D eigenvalue weighted by Crippen LogP contribution is 2.17. The van der Waals surface area contributed by atoms with Gasteiger partial charge >= 0.3 is 0 Å². The summed E-state index contributed by atoms with van der Waals surface area (Å²) in [4.78, 5) is 36.0. The van der Waals surface area contributed by atoms with Crippen LogP contribution in [0.15, 0.2) is 47.1 Å². The molecule has 26 heavy (non-hydrogen) atoms. The Bertz CT molecular complexity index is 773. The highest BCUT2D eigenvalue weighted by atomic mass is 16.6. The molecule has 0 aliphatic heterocycles. The first-order valence-electron chi connectivity index (χ1n) is 7.87. The van der Waals surface area contributed by atoms with Gasteiger partial charge in [0.05, 0.1) is 23.8 Å². The number of carbonyl (C=O) groups excluding carboxylic acids is 2. The third kappa shape index (κ3) is 5.15. The minimum absolute atomic E-state index is 0.119. The van der Waals surface area contributed by atoms with Gasteiger partial charge in [-0.3, -0.25) is 24.6 Å². The van der Waals surface area contributed by atoms with Gasteiger partial charge in [-0.25, -0.2) is 0 Å². The zero-order valence-corrected chi connectivity index (χ0v) is 14.5. The highest BCUT2D eigenvalue weighted by Gasteiger charge is 2.18. The maximum Gasteiger partial charge on any atom is 0.270 e. The number of amides is 2. The number of non-ortho nitro benzene ring substituents is 1. The standard InChI is InChI=1S/C17H20N4O5/c1-20(2)14(15-7-4-8-26-15)10-18-16(22)11-19-17(23)12-5-3-6-13(9-12)21(24)25/h3-9,14H,10-11H2,1-2H3,(H,18,22)(H,19,23). The zero-order valence-electron chi connectivity index (χ0n) is 14.5. The van der Waals surface area contributed by atoms with E-state index in [0.29, 0.717) is 6.54 Å². The van der Waals surface area contributed by atoms with Gasteiger partial charge in [0.2, 0.25) is 5.91 Å². The number of nitrogens with zero attached hydrogens (tertiary/aromatic N) is 2. The number of furan rings is 1. The van der Waals surface area contributed by atoms with Crippen molar-refractivity contribution < 1.29 is 18.9 Å². The van der Waals surface area contributed by atoms with E-state index >= 15 is 0 Å². The number of hydrogen-bond donors (Lipinski definition) is 2. The molecule has 0 radical (unpaired) electrons. The van der Waals surface area contributed by atoms with E-state index in [1.54, 1.807) is 12.3 Å². The average Bonchev–Trinajstić information content (AvgIpc) is 3.13. The van der Waals surface area contributed by atoms with Crippen molar-refractivity contribution in [3.05, 3.63) is 64.1 Å². The molecule has 1 unspecified atom stereocenters. The summed E-state index contributed by atoms with van der Waals surface area (Å²) in [5.74, 6) is -0.211. The number of nitro groups is 1. The molecule has 0 spiro atoms. The molecular formula is C17H20N4O5. The molecule has 0 saturated carbocycles. The summed E-state index contributed by atoms with van der Waals surface area (Å²) in [7, 11) is 3.73. The van der Waals surface area contributed by atoms with Gasteiger partial charge in [-0.1, -0.05) is 6.07 Å². The van der Waals surface area contributed by atoms with E-state index in [0.717, 1.165) is 11.8 Å². The Balaban J connectivity index is 1.85. The molecule has 0 saturated heterocycles. The average molecular weight is 360 g/mol. The Hall–Kier alpha value is -3.20. The maximum absolute atomic E-state index is 12.0. The van der Waals surface area contributed by atoms with Crippen LogP contribution >= 0.6 is 0 Å². The number of nitro benzene ring substituents is 1. The fourth-order valence-electron chi connectivity index (χ4n) is 2.31. The third-order valence-corrected chi connectivity index (χ3v) is 3.72. The van der Waals surface area contributed by atoms with E-state index in [1.165, 1.54) is 18.2 Å². The lowest BCUT2D eigenvalue weighted by molar-refractivity contribution is -0.384. The van der Waals surface area contributed by atoms with E-state index in [2.05, 4.69) is 10.6 Å². The fraction of sp³-hybridized carbons (Fsp3) is 0.294. The van der Waals surface area contributed by atoms with Crippen LogP contribution in [0.25, 0.3) is 0 Å². The molecule has 2 rings (SSSR count). The Morgan fingerprint density at radius 3 is 2.62 bits per heavy atom. The van der Waals surface area contributed by atoms with Crippen molar-refractivity contribution in [2.24, 2.45) is 0 Å². The van der Waals surface area contributed by atoms with Crippen molar-refractivity contribution in [2.45, 2.75) is 6.04 Å². The molecule has 1 aromatic carbocycles. The van der Waals surface area contributed by atoms with Crippen molar-refractivity contribution in [3.63, 3.8) is 0 Å². The van der Waals surface area contributed by atoms with Gasteiger partial charge in [0.1, 0.15) is 5.76 Å². The van der Waals surface area contributed by atoms with Crippen LogP contribution in [0, 0.1) is 10.1 Å². The summed E-state index contributed by atoms with van der Waals surface area (Å²) in [5, 5.41) is 15.9. The molecular weight excluding hydrogens is 340 g/mol. The number of nitrogens with one attached hydrogen (secondary N) is 2. The van der Waals surface area contributed by atoms with Crippen LogP contribution in [-0.4, -0.2) is 48.8 Å². The molecule has 0 bridgehead atoms. The summed E-state index contributed by atoms with van der Waals surface area (Å²) in [6, 6.07) is 8.76. The molecule has 1 aromatic heterocycles. The van der Waals surface area contributed by atoms with Gasteiger partial charge in [0, 0.05) is 24.2 Å².